The summed E-state index contributed by atoms with van der Waals surface area (Å²) in [6.45, 7) is 4.77. The Labute approximate surface area is 317 Å². The van der Waals surface area contributed by atoms with E-state index >= 15 is 0 Å². The van der Waals surface area contributed by atoms with Crippen molar-refractivity contribution in [3.63, 3.8) is 0 Å². The lowest BCUT2D eigenvalue weighted by molar-refractivity contribution is 0.660. The smallest absolute Gasteiger partial charge is 0.0546 e. The molecule has 0 fully saturated rings. The number of anilines is 3. The van der Waals surface area contributed by atoms with E-state index in [1.54, 1.807) is 0 Å². The lowest BCUT2D eigenvalue weighted by atomic mass is 9.81. The van der Waals surface area contributed by atoms with Crippen molar-refractivity contribution in [2.75, 3.05) is 4.90 Å². The van der Waals surface area contributed by atoms with Crippen LogP contribution in [0, 0.1) is 0 Å². The monoisotopic (exact) mass is 689 g/mol. The molecule has 9 aromatic rings. The standard InChI is InChI=1S/C53H39N/c1-53(2)48-23-13-22-46(42-25-24-37-16-9-10-20-41(37)34-42)52(48)47-32-31-44(35-49(47)53)54(43-29-26-38(27-30-43)36-14-5-3-6-15-36)50-33-28-39-17-11-12-21-45(39)51(50)40-18-7-4-8-19-40/h3-35H,1-2H3. The minimum atomic E-state index is -0.192. The van der Waals surface area contributed by atoms with Crippen LogP contribution in [-0.4, -0.2) is 0 Å². The summed E-state index contributed by atoms with van der Waals surface area (Å²) >= 11 is 0. The van der Waals surface area contributed by atoms with Crippen LogP contribution in [0.2, 0.25) is 0 Å². The Kier molecular flexibility index (Phi) is 7.56. The normalized spacial score (nSPS) is 12.8. The van der Waals surface area contributed by atoms with Gasteiger partial charge in [-0.2, -0.15) is 0 Å². The van der Waals surface area contributed by atoms with Crippen LogP contribution in [0.5, 0.6) is 0 Å². The van der Waals surface area contributed by atoms with Crippen LogP contribution in [0.1, 0.15) is 25.0 Å². The van der Waals surface area contributed by atoms with Crippen LogP contribution >= 0.6 is 0 Å². The van der Waals surface area contributed by atoms with Crippen molar-refractivity contribution >= 4 is 38.6 Å². The molecule has 0 heterocycles. The molecule has 10 rings (SSSR count). The summed E-state index contributed by atoms with van der Waals surface area (Å²) in [5.74, 6) is 0. The van der Waals surface area contributed by atoms with Gasteiger partial charge in [-0.3, -0.25) is 0 Å². The van der Waals surface area contributed by atoms with Crippen molar-refractivity contribution in [3.05, 3.63) is 211 Å². The van der Waals surface area contributed by atoms with E-state index in [1.165, 1.54) is 77.2 Å². The fraction of sp³-hybridized carbons (Fsp3) is 0.0566. The second-order valence-corrected chi connectivity index (χ2v) is 14.9. The summed E-state index contributed by atoms with van der Waals surface area (Å²) in [6.07, 6.45) is 0. The predicted octanol–water partition coefficient (Wildman–Crippen LogP) is 14.8. The number of rotatable bonds is 6. The first-order valence-electron chi connectivity index (χ1n) is 18.8. The highest BCUT2D eigenvalue weighted by atomic mass is 15.1. The molecule has 0 aromatic heterocycles. The van der Waals surface area contributed by atoms with Gasteiger partial charge in [0.25, 0.3) is 0 Å². The molecule has 256 valence electrons. The van der Waals surface area contributed by atoms with E-state index in [0.29, 0.717) is 0 Å². The molecule has 0 bridgehead atoms. The first kappa shape index (κ1) is 32.0. The van der Waals surface area contributed by atoms with Crippen LogP contribution in [0.15, 0.2) is 200 Å². The Hall–Kier alpha value is -6.70. The van der Waals surface area contributed by atoms with Gasteiger partial charge in [-0.1, -0.05) is 178 Å². The second-order valence-electron chi connectivity index (χ2n) is 14.9. The molecule has 0 spiro atoms. The van der Waals surface area contributed by atoms with Crippen LogP contribution in [0.4, 0.5) is 17.1 Å². The van der Waals surface area contributed by atoms with E-state index < -0.39 is 0 Å². The third-order valence-corrected chi connectivity index (χ3v) is 11.4. The summed E-state index contributed by atoms with van der Waals surface area (Å²) in [6, 6.07) is 73.4. The SMILES string of the molecule is CC1(C)c2cc(N(c3ccc(-c4ccccc4)cc3)c3ccc4ccccc4c3-c3ccccc3)ccc2-c2c(-c3ccc4ccccc4c3)cccc21. The van der Waals surface area contributed by atoms with E-state index in [4.69, 9.17) is 0 Å². The van der Waals surface area contributed by atoms with Crippen molar-refractivity contribution in [1.82, 2.24) is 0 Å². The van der Waals surface area contributed by atoms with Crippen LogP contribution in [0.25, 0.3) is 66.1 Å². The molecule has 0 N–H and O–H groups in total. The zero-order valence-corrected chi connectivity index (χ0v) is 30.5. The Morgan fingerprint density at radius 2 is 0.963 bits per heavy atom. The molecular formula is C53H39N. The van der Waals surface area contributed by atoms with E-state index in [0.717, 1.165) is 17.1 Å². The molecule has 0 radical (unpaired) electrons. The van der Waals surface area contributed by atoms with Crippen LogP contribution < -0.4 is 4.90 Å². The number of fused-ring (bicyclic) bond motifs is 5. The Morgan fingerprint density at radius 3 is 1.74 bits per heavy atom. The average molecular weight is 690 g/mol. The summed E-state index contributed by atoms with van der Waals surface area (Å²) < 4.78 is 0. The van der Waals surface area contributed by atoms with Crippen LogP contribution in [0.3, 0.4) is 0 Å². The van der Waals surface area contributed by atoms with Gasteiger partial charge in [0, 0.05) is 22.4 Å². The predicted molar refractivity (Wildman–Crippen MR) is 230 cm³/mol. The summed E-state index contributed by atoms with van der Waals surface area (Å²) in [5, 5.41) is 4.99. The van der Waals surface area contributed by atoms with Gasteiger partial charge < -0.3 is 4.90 Å². The fourth-order valence-corrected chi connectivity index (χ4v) is 8.73. The number of benzene rings is 9. The summed E-state index contributed by atoms with van der Waals surface area (Å²) in [5.41, 5.74) is 16.0. The molecule has 0 unspecified atom stereocenters. The Bertz CT molecular complexity index is 2830. The van der Waals surface area contributed by atoms with Gasteiger partial charge in [-0.05, 0) is 108 Å². The minimum Gasteiger partial charge on any atom is -0.310 e. The molecule has 1 heteroatoms. The fourth-order valence-electron chi connectivity index (χ4n) is 8.73. The van der Waals surface area contributed by atoms with Gasteiger partial charge in [0.15, 0.2) is 0 Å². The molecule has 0 atom stereocenters. The van der Waals surface area contributed by atoms with Gasteiger partial charge >= 0.3 is 0 Å². The zero-order chi connectivity index (χ0) is 36.2. The molecule has 0 saturated heterocycles. The Morgan fingerprint density at radius 1 is 0.352 bits per heavy atom. The number of hydrogen-bond donors (Lipinski definition) is 0. The first-order valence-corrected chi connectivity index (χ1v) is 18.8. The maximum atomic E-state index is 2.47. The molecule has 54 heavy (non-hydrogen) atoms. The Balaban J connectivity index is 1.18. The topological polar surface area (TPSA) is 3.24 Å². The van der Waals surface area contributed by atoms with Gasteiger partial charge in [-0.15, -0.1) is 0 Å². The van der Waals surface area contributed by atoms with Gasteiger partial charge in [0.05, 0.1) is 5.69 Å². The van der Waals surface area contributed by atoms with E-state index in [9.17, 15) is 0 Å². The highest BCUT2D eigenvalue weighted by Crippen LogP contribution is 2.54. The molecule has 1 aliphatic carbocycles. The zero-order valence-electron chi connectivity index (χ0n) is 30.5. The highest BCUT2D eigenvalue weighted by Gasteiger charge is 2.37. The van der Waals surface area contributed by atoms with Crippen molar-refractivity contribution in [3.8, 4) is 44.5 Å². The maximum Gasteiger partial charge on any atom is 0.0546 e. The third-order valence-electron chi connectivity index (χ3n) is 11.4. The van der Waals surface area contributed by atoms with Crippen molar-refractivity contribution in [2.24, 2.45) is 0 Å². The van der Waals surface area contributed by atoms with Crippen molar-refractivity contribution in [2.45, 2.75) is 19.3 Å². The molecule has 1 nitrogen and oxygen atoms in total. The van der Waals surface area contributed by atoms with Gasteiger partial charge in [0.2, 0.25) is 0 Å². The lowest BCUT2D eigenvalue weighted by Gasteiger charge is -2.30. The van der Waals surface area contributed by atoms with Crippen molar-refractivity contribution in [1.29, 1.82) is 0 Å². The minimum absolute atomic E-state index is 0.192. The molecule has 9 aromatic carbocycles. The van der Waals surface area contributed by atoms with Gasteiger partial charge in [-0.25, -0.2) is 0 Å². The van der Waals surface area contributed by atoms with E-state index in [2.05, 4.69) is 219 Å². The molecule has 0 saturated carbocycles. The molecular weight excluding hydrogens is 651 g/mol. The molecule has 0 amide bonds. The van der Waals surface area contributed by atoms with Crippen molar-refractivity contribution < 1.29 is 0 Å². The summed E-state index contributed by atoms with van der Waals surface area (Å²) in [7, 11) is 0. The van der Waals surface area contributed by atoms with Gasteiger partial charge in [0.1, 0.15) is 0 Å². The summed E-state index contributed by atoms with van der Waals surface area (Å²) in [4.78, 5) is 2.47. The molecule has 0 aliphatic heterocycles. The maximum absolute atomic E-state index is 2.47. The quantitative estimate of drug-likeness (QED) is 0.168. The molecule has 1 aliphatic rings. The lowest BCUT2D eigenvalue weighted by Crippen LogP contribution is -2.17. The van der Waals surface area contributed by atoms with E-state index in [1.807, 2.05) is 0 Å². The van der Waals surface area contributed by atoms with Crippen LogP contribution in [-0.2, 0) is 5.41 Å². The number of hydrogen-bond acceptors (Lipinski definition) is 1. The largest absolute Gasteiger partial charge is 0.310 e. The van der Waals surface area contributed by atoms with E-state index in [-0.39, 0.29) is 5.41 Å². The average Bonchev–Trinajstić information content (AvgIpc) is 3.47. The highest BCUT2D eigenvalue weighted by molar-refractivity contribution is 6.06. The first-order chi connectivity index (χ1) is 26.5. The third kappa shape index (κ3) is 5.24. The second kappa shape index (κ2) is 12.8. The number of nitrogens with zero attached hydrogens (tertiary/aromatic N) is 1.